The van der Waals surface area contributed by atoms with Crippen LogP contribution < -0.4 is 5.32 Å². The Morgan fingerprint density at radius 3 is 2.89 bits per heavy atom. The highest BCUT2D eigenvalue weighted by atomic mass is 16.3. The Kier molecular flexibility index (Phi) is 2.49. The van der Waals surface area contributed by atoms with Crippen LogP contribution >= 0.6 is 0 Å². The molecule has 2 atom stereocenters. The Hall–Kier alpha value is -0.0800. The molecule has 0 amide bonds. The van der Waals surface area contributed by atoms with E-state index >= 15 is 0 Å². The summed E-state index contributed by atoms with van der Waals surface area (Å²) in [6.45, 7) is 3.13. The number of hydrogen-bond donors (Lipinski definition) is 2. The van der Waals surface area contributed by atoms with Crippen LogP contribution in [0.4, 0.5) is 0 Å². The highest BCUT2D eigenvalue weighted by Crippen LogP contribution is 2.09. The van der Waals surface area contributed by atoms with E-state index in [4.69, 9.17) is 0 Å². The smallest absolute Gasteiger partial charge is 0.0567 e. The van der Waals surface area contributed by atoms with Gasteiger partial charge in [-0.05, 0) is 25.8 Å². The molecule has 0 aliphatic carbocycles. The maximum absolute atomic E-state index is 9.17. The van der Waals surface area contributed by atoms with Crippen LogP contribution in [0.25, 0.3) is 0 Å². The molecule has 0 unspecified atom stereocenters. The largest absolute Gasteiger partial charge is 0.393 e. The van der Waals surface area contributed by atoms with Gasteiger partial charge in [0.05, 0.1) is 6.10 Å². The van der Waals surface area contributed by atoms with Gasteiger partial charge in [-0.3, -0.25) is 0 Å². The molecule has 2 nitrogen and oxygen atoms in total. The number of aliphatic hydroxyl groups is 1. The standard InChI is InChI=1S/C7H15NO/c1-2-6-5-7(9)3-4-8-6/h6-9H,2-5H2,1H3/t6-,7-/m0/s1. The molecule has 54 valence electrons. The zero-order chi connectivity index (χ0) is 6.69. The first-order chi connectivity index (χ1) is 4.33. The van der Waals surface area contributed by atoms with Crippen LogP contribution in [-0.2, 0) is 0 Å². The predicted molar refractivity (Wildman–Crippen MR) is 37.3 cm³/mol. The number of nitrogens with one attached hydrogen (secondary N) is 1. The molecule has 0 bridgehead atoms. The fourth-order valence-corrected chi connectivity index (χ4v) is 1.29. The summed E-state index contributed by atoms with van der Waals surface area (Å²) in [5, 5.41) is 12.5. The first kappa shape index (κ1) is 7.03. The topological polar surface area (TPSA) is 32.3 Å². The zero-order valence-electron chi connectivity index (χ0n) is 5.93. The van der Waals surface area contributed by atoms with Crippen molar-refractivity contribution in [3.05, 3.63) is 0 Å². The molecular weight excluding hydrogens is 114 g/mol. The number of aliphatic hydroxyl groups excluding tert-OH is 1. The molecule has 1 rings (SSSR count). The van der Waals surface area contributed by atoms with Crippen molar-refractivity contribution in [2.24, 2.45) is 0 Å². The van der Waals surface area contributed by atoms with Crippen molar-refractivity contribution in [1.82, 2.24) is 5.32 Å². The van der Waals surface area contributed by atoms with E-state index in [0.717, 1.165) is 25.8 Å². The van der Waals surface area contributed by atoms with E-state index in [-0.39, 0.29) is 6.10 Å². The van der Waals surface area contributed by atoms with Crippen molar-refractivity contribution < 1.29 is 5.11 Å². The monoisotopic (exact) mass is 129 g/mol. The Balaban J connectivity index is 2.23. The minimum absolute atomic E-state index is 0.0452. The first-order valence-electron chi connectivity index (χ1n) is 3.74. The third kappa shape index (κ3) is 1.95. The van der Waals surface area contributed by atoms with Crippen LogP contribution in [0.1, 0.15) is 26.2 Å². The number of piperidine rings is 1. The van der Waals surface area contributed by atoms with Crippen molar-refractivity contribution in [3.63, 3.8) is 0 Å². The van der Waals surface area contributed by atoms with Gasteiger partial charge in [-0.1, -0.05) is 6.92 Å². The van der Waals surface area contributed by atoms with Crippen LogP contribution in [0.3, 0.4) is 0 Å². The van der Waals surface area contributed by atoms with Crippen molar-refractivity contribution in [3.8, 4) is 0 Å². The van der Waals surface area contributed by atoms with Gasteiger partial charge in [-0.25, -0.2) is 0 Å². The molecule has 1 heterocycles. The van der Waals surface area contributed by atoms with Gasteiger partial charge in [0.2, 0.25) is 0 Å². The van der Waals surface area contributed by atoms with E-state index in [9.17, 15) is 5.11 Å². The summed E-state index contributed by atoms with van der Waals surface area (Å²) in [6, 6.07) is 0.564. The van der Waals surface area contributed by atoms with E-state index in [2.05, 4.69) is 12.2 Å². The molecule has 0 saturated carbocycles. The van der Waals surface area contributed by atoms with Crippen molar-refractivity contribution in [2.75, 3.05) is 6.54 Å². The van der Waals surface area contributed by atoms with E-state index in [0.29, 0.717) is 6.04 Å². The van der Waals surface area contributed by atoms with Gasteiger partial charge in [-0.2, -0.15) is 0 Å². The molecule has 1 fully saturated rings. The van der Waals surface area contributed by atoms with Gasteiger partial charge in [0.25, 0.3) is 0 Å². The summed E-state index contributed by atoms with van der Waals surface area (Å²) in [5.41, 5.74) is 0. The van der Waals surface area contributed by atoms with E-state index < -0.39 is 0 Å². The molecule has 0 radical (unpaired) electrons. The van der Waals surface area contributed by atoms with E-state index in [1.165, 1.54) is 0 Å². The van der Waals surface area contributed by atoms with Crippen LogP contribution in [0.15, 0.2) is 0 Å². The normalized spacial score (nSPS) is 36.7. The number of hydrogen-bond acceptors (Lipinski definition) is 2. The van der Waals surface area contributed by atoms with Crippen molar-refractivity contribution >= 4 is 0 Å². The van der Waals surface area contributed by atoms with E-state index in [1.807, 2.05) is 0 Å². The fraction of sp³-hybridized carbons (Fsp3) is 1.00. The Labute approximate surface area is 56.3 Å². The lowest BCUT2D eigenvalue weighted by Gasteiger charge is -2.25. The number of rotatable bonds is 1. The van der Waals surface area contributed by atoms with Gasteiger partial charge in [0, 0.05) is 6.04 Å². The van der Waals surface area contributed by atoms with Crippen LogP contribution in [0.5, 0.6) is 0 Å². The summed E-state index contributed by atoms with van der Waals surface area (Å²) in [6.07, 6.45) is 2.96. The lowest BCUT2D eigenvalue weighted by atomic mass is 10.0. The minimum Gasteiger partial charge on any atom is -0.393 e. The molecule has 0 aromatic carbocycles. The van der Waals surface area contributed by atoms with Gasteiger partial charge in [0.15, 0.2) is 0 Å². The van der Waals surface area contributed by atoms with Crippen molar-refractivity contribution in [1.29, 1.82) is 0 Å². The molecule has 2 N–H and O–H groups in total. The van der Waals surface area contributed by atoms with Crippen LogP contribution in [0.2, 0.25) is 0 Å². The molecular formula is C7H15NO. The lowest BCUT2D eigenvalue weighted by Crippen LogP contribution is -2.39. The highest BCUT2D eigenvalue weighted by Gasteiger charge is 2.16. The summed E-state index contributed by atoms with van der Waals surface area (Å²) in [7, 11) is 0. The second-order valence-electron chi connectivity index (χ2n) is 2.74. The van der Waals surface area contributed by atoms with Gasteiger partial charge >= 0.3 is 0 Å². The quantitative estimate of drug-likeness (QED) is 0.540. The average molecular weight is 129 g/mol. The average Bonchev–Trinajstić information content (AvgIpc) is 1.88. The zero-order valence-corrected chi connectivity index (χ0v) is 5.93. The molecule has 1 aliphatic heterocycles. The van der Waals surface area contributed by atoms with Crippen LogP contribution in [0, 0.1) is 0 Å². The molecule has 9 heavy (non-hydrogen) atoms. The Morgan fingerprint density at radius 2 is 2.44 bits per heavy atom. The third-order valence-electron chi connectivity index (χ3n) is 1.96. The fourth-order valence-electron chi connectivity index (χ4n) is 1.29. The van der Waals surface area contributed by atoms with Gasteiger partial charge < -0.3 is 10.4 Å². The second-order valence-corrected chi connectivity index (χ2v) is 2.74. The molecule has 0 aromatic heterocycles. The lowest BCUT2D eigenvalue weighted by molar-refractivity contribution is 0.115. The van der Waals surface area contributed by atoms with Crippen LogP contribution in [-0.4, -0.2) is 23.8 Å². The molecule has 2 heteroatoms. The second kappa shape index (κ2) is 3.18. The maximum atomic E-state index is 9.17. The summed E-state index contributed by atoms with van der Waals surface area (Å²) in [4.78, 5) is 0. The van der Waals surface area contributed by atoms with Crippen molar-refractivity contribution in [2.45, 2.75) is 38.3 Å². The highest BCUT2D eigenvalue weighted by molar-refractivity contribution is 4.75. The minimum atomic E-state index is -0.0452. The summed E-state index contributed by atoms with van der Waals surface area (Å²) >= 11 is 0. The first-order valence-corrected chi connectivity index (χ1v) is 3.74. The maximum Gasteiger partial charge on any atom is 0.0567 e. The summed E-state index contributed by atoms with van der Waals surface area (Å²) < 4.78 is 0. The summed E-state index contributed by atoms with van der Waals surface area (Å²) in [5.74, 6) is 0. The SMILES string of the molecule is CC[C@H]1C[C@@H](O)CCN1. The van der Waals surface area contributed by atoms with Gasteiger partial charge in [-0.15, -0.1) is 0 Å². The van der Waals surface area contributed by atoms with Gasteiger partial charge in [0.1, 0.15) is 0 Å². The Bertz CT molecular complexity index is 85.0. The Morgan fingerprint density at radius 1 is 1.67 bits per heavy atom. The molecule has 0 aromatic rings. The van der Waals surface area contributed by atoms with E-state index in [1.54, 1.807) is 0 Å². The molecule has 0 spiro atoms. The third-order valence-corrected chi connectivity index (χ3v) is 1.96. The predicted octanol–water partition coefficient (Wildman–Crippen LogP) is 0.509. The molecule has 1 saturated heterocycles. The molecule has 1 aliphatic rings.